The Bertz CT molecular complexity index is 230. The molecule has 0 saturated carbocycles. The molecule has 0 N–H and O–H groups in total. The van der Waals surface area contributed by atoms with Gasteiger partial charge < -0.3 is 0 Å². The van der Waals surface area contributed by atoms with E-state index in [1.54, 1.807) is 10.7 Å². The van der Waals surface area contributed by atoms with Crippen molar-refractivity contribution < 1.29 is 4.79 Å². The van der Waals surface area contributed by atoms with E-state index in [4.69, 9.17) is 0 Å². The minimum atomic E-state index is 0.515. The Hall–Kier alpha value is -1.12. The molecule has 60 valence electrons. The summed E-state index contributed by atoms with van der Waals surface area (Å²) in [5.74, 6) is 0. The number of carbonyl (C=O) groups excluding carboxylic acids is 1. The van der Waals surface area contributed by atoms with Gasteiger partial charge in [-0.2, -0.15) is 5.10 Å². The number of aryl methyl sites for hydroxylation is 1. The Morgan fingerprint density at radius 1 is 1.73 bits per heavy atom. The summed E-state index contributed by atoms with van der Waals surface area (Å²) < 4.78 is 1.80. The van der Waals surface area contributed by atoms with Crippen molar-refractivity contribution in [1.82, 2.24) is 9.78 Å². The van der Waals surface area contributed by atoms with Crippen LogP contribution >= 0.6 is 0 Å². The summed E-state index contributed by atoms with van der Waals surface area (Å²) >= 11 is 0. The summed E-state index contributed by atoms with van der Waals surface area (Å²) in [6, 6.07) is 1.72. The fourth-order valence-electron chi connectivity index (χ4n) is 0.885. The first-order valence-electron chi connectivity index (χ1n) is 3.85. The smallest absolute Gasteiger partial charge is 0.170 e. The van der Waals surface area contributed by atoms with E-state index < -0.39 is 0 Å². The van der Waals surface area contributed by atoms with Crippen LogP contribution in [-0.2, 0) is 6.54 Å². The molecular weight excluding hydrogens is 140 g/mol. The van der Waals surface area contributed by atoms with Gasteiger partial charge in [0.1, 0.15) is 5.69 Å². The van der Waals surface area contributed by atoms with E-state index in [1.165, 1.54) is 0 Å². The first kappa shape index (κ1) is 7.98. The second-order valence-corrected chi connectivity index (χ2v) is 2.48. The monoisotopic (exact) mass is 152 g/mol. The fraction of sp³-hybridized carbons (Fsp3) is 0.500. The van der Waals surface area contributed by atoms with Gasteiger partial charge in [0.15, 0.2) is 6.29 Å². The quantitative estimate of drug-likeness (QED) is 0.613. The molecule has 0 bridgehead atoms. The van der Waals surface area contributed by atoms with E-state index in [9.17, 15) is 4.79 Å². The standard InChI is InChI=1S/C8H12N2O/c1-2-3-5-10-6-4-8(7-11)9-10/h4,6-7H,2-3,5H2,1H3. The first-order chi connectivity index (χ1) is 5.36. The second-order valence-electron chi connectivity index (χ2n) is 2.48. The van der Waals surface area contributed by atoms with Gasteiger partial charge in [-0.1, -0.05) is 13.3 Å². The number of hydrogen-bond acceptors (Lipinski definition) is 2. The highest BCUT2D eigenvalue weighted by Crippen LogP contribution is 1.95. The lowest BCUT2D eigenvalue weighted by Gasteiger charge is -1.96. The third-order valence-electron chi connectivity index (χ3n) is 1.52. The van der Waals surface area contributed by atoms with Gasteiger partial charge >= 0.3 is 0 Å². The molecule has 0 fully saturated rings. The number of aromatic nitrogens is 2. The van der Waals surface area contributed by atoms with E-state index in [1.807, 2.05) is 6.20 Å². The molecule has 0 aliphatic heterocycles. The zero-order chi connectivity index (χ0) is 8.10. The summed E-state index contributed by atoms with van der Waals surface area (Å²) in [6.07, 6.45) is 4.86. The van der Waals surface area contributed by atoms with E-state index in [0.717, 1.165) is 25.7 Å². The van der Waals surface area contributed by atoms with Crippen LogP contribution in [-0.4, -0.2) is 16.1 Å². The molecule has 1 aromatic rings. The van der Waals surface area contributed by atoms with Crippen molar-refractivity contribution in [2.45, 2.75) is 26.3 Å². The Morgan fingerprint density at radius 2 is 2.55 bits per heavy atom. The van der Waals surface area contributed by atoms with Crippen LogP contribution in [0.2, 0.25) is 0 Å². The van der Waals surface area contributed by atoms with E-state index in [2.05, 4.69) is 12.0 Å². The molecule has 0 amide bonds. The Balaban J connectivity index is 2.51. The number of aldehydes is 1. The topological polar surface area (TPSA) is 34.9 Å². The van der Waals surface area contributed by atoms with Crippen LogP contribution in [0.4, 0.5) is 0 Å². The molecule has 0 atom stereocenters. The minimum Gasteiger partial charge on any atom is -0.296 e. The predicted molar refractivity (Wildman–Crippen MR) is 42.5 cm³/mol. The Kier molecular flexibility index (Phi) is 2.83. The second kappa shape index (κ2) is 3.91. The largest absolute Gasteiger partial charge is 0.296 e. The zero-order valence-electron chi connectivity index (χ0n) is 6.66. The Morgan fingerprint density at radius 3 is 3.09 bits per heavy atom. The van der Waals surface area contributed by atoms with Gasteiger partial charge in [0.25, 0.3) is 0 Å². The molecule has 1 rings (SSSR count). The first-order valence-corrected chi connectivity index (χ1v) is 3.85. The van der Waals surface area contributed by atoms with Crippen LogP contribution in [0.25, 0.3) is 0 Å². The molecule has 3 nitrogen and oxygen atoms in total. The highest BCUT2D eigenvalue weighted by atomic mass is 16.1. The van der Waals surface area contributed by atoms with Crippen molar-refractivity contribution >= 4 is 6.29 Å². The minimum absolute atomic E-state index is 0.515. The summed E-state index contributed by atoms with van der Waals surface area (Å²) in [4.78, 5) is 10.2. The zero-order valence-corrected chi connectivity index (χ0v) is 6.66. The fourth-order valence-corrected chi connectivity index (χ4v) is 0.885. The van der Waals surface area contributed by atoms with Gasteiger partial charge in [-0.15, -0.1) is 0 Å². The summed E-state index contributed by atoms with van der Waals surface area (Å²) in [6.45, 7) is 3.04. The molecule has 0 aliphatic rings. The van der Waals surface area contributed by atoms with E-state index in [-0.39, 0.29) is 0 Å². The molecule has 0 spiro atoms. The van der Waals surface area contributed by atoms with Gasteiger partial charge in [-0.3, -0.25) is 9.48 Å². The molecule has 0 saturated heterocycles. The van der Waals surface area contributed by atoms with Gasteiger partial charge in [-0.25, -0.2) is 0 Å². The average Bonchev–Trinajstić information content (AvgIpc) is 2.48. The molecule has 3 heteroatoms. The molecular formula is C8H12N2O. The van der Waals surface area contributed by atoms with Crippen LogP contribution in [0, 0.1) is 0 Å². The summed E-state index contributed by atoms with van der Waals surface area (Å²) in [5.41, 5.74) is 0.515. The van der Waals surface area contributed by atoms with Crippen LogP contribution in [0.3, 0.4) is 0 Å². The maximum Gasteiger partial charge on any atom is 0.170 e. The number of rotatable bonds is 4. The summed E-state index contributed by atoms with van der Waals surface area (Å²) in [7, 11) is 0. The van der Waals surface area contributed by atoms with Gasteiger partial charge in [0, 0.05) is 12.7 Å². The highest BCUT2D eigenvalue weighted by Gasteiger charge is 1.94. The summed E-state index contributed by atoms with van der Waals surface area (Å²) in [5, 5.41) is 4.01. The molecule has 0 unspecified atom stereocenters. The van der Waals surface area contributed by atoms with Gasteiger partial charge in [0.2, 0.25) is 0 Å². The molecule has 0 aliphatic carbocycles. The normalized spacial score (nSPS) is 9.91. The number of nitrogens with zero attached hydrogens (tertiary/aromatic N) is 2. The SMILES string of the molecule is CCCCn1ccc(C=O)n1. The van der Waals surface area contributed by atoms with Crippen LogP contribution in [0.5, 0.6) is 0 Å². The average molecular weight is 152 g/mol. The lowest BCUT2D eigenvalue weighted by Crippen LogP contribution is -1.98. The van der Waals surface area contributed by atoms with Crippen LogP contribution < -0.4 is 0 Å². The highest BCUT2D eigenvalue weighted by molar-refractivity contribution is 5.71. The van der Waals surface area contributed by atoms with Crippen LogP contribution in [0.1, 0.15) is 30.3 Å². The number of hydrogen-bond donors (Lipinski definition) is 0. The van der Waals surface area contributed by atoms with E-state index >= 15 is 0 Å². The molecule has 1 heterocycles. The van der Waals surface area contributed by atoms with E-state index in [0.29, 0.717) is 5.69 Å². The van der Waals surface area contributed by atoms with Crippen molar-refractivity contribution in [3.8, 4) is 0 Å². The maximum atomic E-state index is 10.2. The van der Waals surface area contributed by atoms with Gasteiger partial charge in [0.05, 0.1) is 0 Å². The number of carbonyl (C=O) groups is 1. The van der Waals surface area contributed by atoms with Crippen molar-refractivity contribution in [2.75, 3.05) is 0 Å². The van der Waals surface area contributed by atoms with Crippen molar-refractivity contribution in [2.24, 2.45) is 0 Å². The Labute approximate surface area is 66.0 Å². The van der Waals surface area contributed by atoms with Crippen molar-refractivity contribution in [1.29, 1.82) is 0 Å². The van der Waals surface area contributed by atoms with Crippen molar-refractivity contribution in [3.05, 3.63) is 18.0 Å². The van der Waals surface area contributed by atoms with Crippen LogP contribution in [0.15, 0.2) is 12.3 Å². The lowest BCUT2D eigenvalue weighted by molar-refractivity contribution is 0.111. The maximum absolute atomic E-state index is 10.2. The van der Waals surface area contributed by atoms with Crippen molar-refractivity contribution in [3.63, 3.8) is 0 Å². The molecule has 0 aromatic carbocycles. The van der Waals surface area contributed by atoms with Gasteiger partial charge in [-0.05, 0) is 12.5 Å². The molecule has 0 radical (unpaired) electrons. The number of unbranched alkanes of at least 4 members (excludes halogenated alkanes) is 1. The molecule has 1 aromatic heterocycles. The lowest BCUT2D eigenvalue weighted by atomic mass is 10.3. The molecule has 11 heavy (non-hydrogen) atoms. The third kappa shape index (κ3) is 2.18. The predicted octanol–water partition coefficient (Wildman–Crippen LogP) is 1.50. The third-order valence-corrected chi connectivity index (χ3v) is 1.52.